The van der Waals surface area contributed by atoms with Gasteiger partial charge in [-0.3, -0.25) is 0 Å². The second kappa shape index (κ2) is 60.1. The van der Waals surface area contributed by atoms with Crippen LogP contribution in [0.15, 0.2) is 72.8 Å². The Kier molecular flexibility index (Phi) is 49.0. The topological polar surface area (TPSA) is 0 Å². The van der Waals surface area contributed by atoms with E-state index in [0.717, 1.165) is 44.9 Å². The molecule has 0 aliphatic rings. The molecule has 12 aromatic heterocycles. The SMILES string of the molecule is CCCCCCc1cc(-c2sc(-c3sc(-c4sc(-c5sc(-c6sc(-c7sc(-c8sc(-c9sc(-c%10sc(-c%11sc(-c%12sc(C)cc%12CCCCCC)cc%11CCCCCC)cc%10CCCCCC)cc9CCCCCC)cc8CCCCCC)cc7CCCCCC)cc6CCCCCC)cc5CCCCCC)cc4CCCCCC)cc3CCCCCC)cc2CCCCCC)sc1C. The molecule has 12 aromatic rings. The van der Waals surface area contributed by atoms with Gasteiger partial charge in [-0.1, -0.05) is 314 Å². The normalized spacial score (nSPS) is 12.0. The highest BCUT2D eigenvalue weighted by atomic mass is 32.1. The van der Waals surface area contributed by atoms with Crippen LogP contribution in [0.3, 0.4) is 0 Å². The van der Waals surface area contributed by atoms with Gasteiger partial charge in [0.1, 0.15) is 0 Å². The first kappa shape index (κ1) is 109. The van der Waals surface area contributed by atoms with E-state index in [1.165, 1.54) is 404 Å². The molecule has 734 valence electrons. The Hall–Kier alpha value is -3.60. The van der Waals surface area contributed by atoms with Gasteiger partial charge in [-0.2, -0.15) is 0 Å². The monoisotopic (exact) mass is 2020 g/mol. The third kappa shape index (κ3) is 31.7. The molecule has 12 rings (SSSR count). The van der Waals surface area contributed by atoms with Crippen molar-refractivity contribution in [3.63, 3.8) is 0 Å². The summed E-state index contributed by atoms with van der Waals surface area (Å²) in [6, 6.07) is 32.6. The average molecular weight is 2030 g/mol. The summed E-state index contributed by atoms with van der Waals surface area (Å²) < 4.78 is 0. The van der Waals surface area contributed by atoms with E-state index in [0.29, 0.717) is 0 Å². The Labute approximate surface area is 866 Å². The van der Waals surface area contributed by atoms with E-state index in [-0.39, 0.29) is 0 Å². The van der Waals surface area contributed by atoms with Crippen molar-refractivity contribution in [2.45, 2.75) is 482 Å². The molecule has 12 heteroatoms. The molecule has 0 bridgehead atoms. The van der Waals surface area contributed by atoms with E-state index in [4.69, 9.17) is 0 Å². The predicted molar refractivity (Wildman–Crippen MR) is 624 cm³/mol. The standard InChI is InChI=1S/C122H174S12/c1-15-27-39-51-63-89-76-101(124-88(89)14)113-91(65-53-41-29-17-3)78-103(126-113)115-93(67-55-43-31-19-5)80-105(128-115)117-95(69-57-45-33-21-7)82-107(130-117)119-97(71-59-47-35-23-9)84-109(132-119)121-99(73-61-49-37-25-11)86-111(134-121)122-100(74-62-50-38-26-12)85-110(133-122)120-98(72-60-48-36-24-10)83-108(131-120)118-96(70-58-46-34-22-8)81-106(129-118)116-94(68-56-44-32-20-6)79-104(127-116)114-92(66-54-42-30-18-4)77-102(125-114)112-90(75-87(13)123-112)64-52-40-28-16-2/h75-86H,15-74H2,1-14H3. The number of rotatable bonds is 71. The third-order valence-electron chi connectivity index (χ3n) is 28.1. The average Bonchev–Trinajstić information content (AvgIpc) is 1.59. The van der Waals surface area contributed by atoms with Crippen molar-refractivity contribution in [2.75, 3.05) is 0 Å². The van der Waals surface area contributed by atoms with Gasteiger partial charge in [0.15, 0.2) is 0 Å². The predicted octanol–water partition coefficient (Wildman–Crippen LogP) is 46.9. The quantitative estimate of drug-likeness (QED) is 0.0333. The van der Waals surface area contributed by atoms with E-state index in [1.54, 1.807) is 120 Å². The van der Waals surface area contributed by atoms with Gasteiger partial charge in [-0.25, -0.2) is 0 Å². The summed E-state index contributed by atoms with van der Waals surface area (Å²) in [6.07, 6.45) is 76.1. The van der Waals surface area contributed by atoms with Crippen LogP contribution in [0, 0.1) is 13.8 Å². The van der Waals surface area contributed by atoms with Crippen molar-refractivity contribution in [1.29, 1.82) is 0 Å². The fraction of sp³-hybridized carbons (Fsp3) is 0.607. The number of aryl methyl sites for hydroxylation is 14. The van der Waals surface area contributed by atoms with Gasteiger partial charge >= 0.3 is 0 Å². The number of hydrogen-bond donors (Lipinski definition) is 0. The largest absolute Gasteiger partial charge is 0.139 e. The summed E-state index contributed by atoms with van der Waals surface area (Å²) in [4.78, 5) is 37.0. The van der Waals surface area contributed by atoms with Gasteiger partial charge in [0, 0.05) is 117 Å². The second-order valence-electron chi connectivity index (χ2n) is 39.8. The fourth-order valence-electron chi connectivity index (χ4n) is 20.1. The first-order chi connectivity index (χ1) is 65.8. The molecular formula is C122H174S12. The summed E-state index contributed by atoms with van der Waals surface area (Å²) in [5.74, 6) is 0. The Balaban J connectivity index is 0.961. The Morgan fingerprint density at radius 1 is 0.127 bits per heavy atom. The van der Waals surface area contributed by atoms with Gasteiger partial charge in [0.25, 0.3) is 0 Å². The number of thiophene rings is 12. The molecule has 0 N–H and O–H groups in total. The highest BCUT2D eigenvalue weighted by Crippen LogP contribution is 2.57. The molecule has 134 heavy (non-hydrogen) atoms. The summed E-state index contributed by atoms with van der Waals surface area (Å²) in [5, 5.41) is 0. The molecule has 0 saturated heterocycles. The molecular weight excluding hydrogens is 1850 g/mol. The first-order valence-electron chi connectivity index (χ1n) is 55.3. The lowest BCUT2D eigenvalue weighted by Gasteiger charge is -2.02. The maximum atomic E-state index is 2.77. The van der Waals surface area contributed by atoms with Crippen LogP contribution in [0.2, 0.25) is 0 Å². The summed E-state index contributed by atoms with van der Waals surface area (Å²) in [5.41, 5.74) is 19.2. The molecule has 0 nitrogen and oxygen atoms in total. The van der Waals surface area contributed by atoms with Crippen LogP contribution >= 0.6 is 136 Å². The minimum absolute atomic E-state index is 1.15. The van der Waals surface area contributed by atoms with Crippen LogP contribution in [0.4, 0.5) is 0 Å². The van der Waals surface area contributed by atoms with Crippen molar-refractivity contribution in [2.24, 2.45) is 0 Å². The maximum Gasteiger partial charge on any atom is 0.0481 e. The summed E-state index contributed by atoms with van der Waals surface area (Å²) in [6.45, 7) is 33.3. The molecule has 0 saturated carbocycles. The fourth-order valence-corrected chi connectivity index (χ4v) is 35.8. The molecule has 0 aromatic carbocycles. The zero-order valence-corrected chi connectivity index (χ0v) is 96.1. The minimum Gasteiger partial charge on any atom is -0.139 e. The van der Waals surface area contributed by atoms with E-state index < -0.39 is 0 Å². The van der Waals surface area contributed by atoms with Gasteiger partial charge in [-0.05, 0) is 308 Å². The Morgan fingerprint density at radius 3 is 0.396 bits per heavy atom. The van der Waals surface area contributed by atoms with Gasteiger partial charge in [0.2, 0.25) is 0 Å². The van der Waals surface area contributed by atoms with Crippen LogP contribution in [0.25, 0.3) is 107 Å². The summed E-state index contributed by atoms with van der Waals surface area (Å²) in [7, 11) is 0. The van der Waals surface area contributed by atoms with Gasteiger partial charge in [-0.15, -0.1) is 136 Å². The van der Waals surface area contributed by atoms with E-state index in [1.807, 2.05) is 0 Å². The lowest BCUT2D eigenvalue weighted by atomic mass is 10.0. The molecule has 0 unspecified atom stereocenters. The Morgan fingerprint density at radius 2 is 0.246 bits per heavy atom. The molecule has 0 spiro atoms. The minimum atomic E-state index is 1.15. The molecule has 0 atom stereocenters. The van der Waals surface area contributed by atoms with Crippen LogP contribution < -0.4 is 0 Å². The zero-order chi connectivity index (χ0) is 94.2. The van der Waals surface area contributed by atoms with E-state index >= 15 is 0 Å². The lowest BCUT2D eigenvalue weighted by molar-refractivity contribution is 0.666. The molecule has 0 aliphatic heterocycles. The third-order valence-corrected chi connectivity index (χ3v) is 44.0. The van der Waals surface area contributed by atoms with Gasteiger partial charge < -0.3 is 0 Å². The van der Waals surface area contributed by atoms with E-state index in [2.05, 4.69) is 306 Å². The van der Waals surface area contributed by atoms with E-state index in [9.17, 15) is 0 Å². The van der Waals surface area contributed by atoms with Crippen LogP contribution in [-0.4, -0.2) is 0 Å². The van der Waals surface area contributed by atoms with Crippen molar-refractivity contribution in [1.82, 2.24) is 0 Å². The molecule has 0 radical (unpaired) electrons. The van der Waals surface area contributed by atoms with Crippen molar-refractivity contribution in [3.8, 4) is 107 Å². The van der Waals surface area contributed by atoms with Gasteiger partial charge in [0.05, 0.1) is 0 Å². The summed E-state index contributed by atoms with van der Waals surface area (Å²) >= 11 is 25.8. The molecule has 0 aliphatic carbocycles. The van der Waals surface area contributed by atoms with Crippen LogP contribution in [0.5, 0.6) is 0 Å². The molecule has 0 fully saturated rings. The number of hydrogen-bond acceptors (Lipinski definition) is 12. The highest BCUT2D eigenvalue weighted by molar-refractivity contribution is 7.33. The van der Waals surface area contributed by atoms with Crippen molar-refractivity contribution < 1.29 is 0 Å². The van der Waals surface area contributed by atoms with Crippen molar-refractivity contribution in [3.05, 3.63) is 149 Å². The lowest BCUT2D eigenvalue weighted by Crippen LogP contribution is -1.87. The molecule has 12 heterocycles. The number of unbranched alkanes of at least 4 members (excludes halogenated alkanes) is 36. The molecule has 0 amide bonds. The Bertz CT molecular complexity index is 5260. The van der Waals surface area contributed by atoms with Crippen LogP contribution in [0.1, 0.15) is 468 Å². The van der Waals surface area contributed by atoms with Crippen LogP contribution in [-0.2, 0) is 77.0 Å². The second-order valence-corrected chi connectivity index (χ2v) is 52.8. The first-order valence-corrected chi connectivity index (χ1v) is 65.1. The smallest absolute Gasteiger partial charge is 0.0481 e. The van der Waals surface area contributed by atoms with Crippen molar-refractivity contribution >= 4 is 136 Å². The maximum absolute atomic E-state index is 2.77. The zero-order valence-electron chi connectivity index (χ0n) is 86.3. The highest BCUT2D eigenvalue weighted by Gasteiger charge is 2.30.